The molecule has 3 heteroatoms. The molecule has 1 amide bonds. The summed E-state index contributed by atoms with van der Waals surface area (Å²) in [6, 6.07) is 6.00. The molecular formula is C15H18N2O. The zero-order valence-electron chi connectivity index (χ0n) is 10.9. The Kier molecular flexibility index (Phi) is 3.51. The molecule has 0 unspecified atom stereocenters. The number of aryl methyl sites for hydroxylation is 1. The van der Waals surface area contributed by atoms with E-state index in [0.717, 1.165) is 28.5 Å². The zero-order valence-corrected chi connectivity index (χ0v) is 10.9. The second kappa shape index (κ2) is 5.08. The Balaban J connectivity index is 2.46. The number of hydrogen-bond donors (Lipinski definition) is 1. The van der Waals surface area contributed by atoms with E-state index in [2.05, 4.69) is 11.9 Å². The third-order valence-corrected chi connectivity index (χ3v) is 3.03. The van der Waals surface area contributed by atoms with E-state index in [-0.39, 0.29) is 5.91 Å². The lowest BCUT2D eigenvalue weighted by Crippen LogP contribution is -2.23. The van der Waals surface area contributed by atoms with E-state index in [1.807, 2.05) is 49.0 Å². The highest BCUT2D eigenvalue weighted by molar-refractivity contribution is 6.07. The van der Waals surface area contributed by atoms with Crippen molar-refractivity contribution in [1.29, 1.82) is 0 Å². The lowest BCUT2D eigenvalue weighted by molar-refractivity contribution is 0.0955. The number of aromatic nitrogens is 1. The van der Waals surface area contributed by atoms with Crippen molar-refractivity contribution >= 4 is 22.9 Å². The van der Waals surface area contributed by atoms with Gasteiger partial charge in [-0.25, -0.2) is 0 Å². The van der Waals surface area contributed by atoms with Crippen molar-refractivity contribution < 1.29 is 4.79 Å². The summed E-state index contributed by atoms with van der Waals surface area (Å²) in [7, 11) is 1.95. The first-order valence-electron chi connectivity index (χ1n) is 6.17. The fraction of sp³-hybridized carbons (Fsp3) is 0.267. The lowest BCUT2D eigenvalue weighted by atomic mass is 10.1. The number of carbonyl (C=O) groups is 1. The molecule has 0 spiro atoms. The van der Waals surface area contributed by atoms with Crippen molar-refractivity contribution in [2.45, 2.75) is 13.3 Å². The number of amides is 1. The van der Waals surface area contributed by atoms with Crippen LogP contribution in [-0.4, -0.2) is 17.0 Å². The van der Waals surface area contributed by atoms with E-state index in [9.17, 15) is 4.79 Å². The number of hydrogen-bond acceptors (Lipinski definition) is 1. The second-order valence-corrected chi connectivity index (χ2v) is 4.39. The summed E-state index contributed by atoms with van der Waals surface area (Å²) >= 11 is 0. The Morgan fingerprint density at radius 2 is 2.28 bits per heavy atom. The smallest absolute Gasteiger partial charge is 0.253 e. The summed E-state index contributed by atoms with van der Waals surface area (Å²) in [6.07, 6.45) is 4.63. The molecule has 1 N–H and O–H groups in total. The Labute approximate surface area is 107 Å². The van der Waals surface area contributed by atoms with Gasteiger partial charge in [-0.2, -0.15) is 0 Å². The molecule has 94 valence electrons. The molecule has 0 atom stereocenters. The highest BCUT2D eigenvalue weighted by atomic mass is 16.1. The lowest BCUT2D eigenvalue weighted by Gasteiger charge is -2.02. The van der Waals surface area contributed by atoms with Crippen LogP contribution in [0.5, 0.6) is 0 Å². The molecule has 3 nitrogen and oxygen atoms in total. The predicted octanol–water partition coefficient (Wildman–Crippen LogP) is 2.96. The van der Waals surface area contributed by atoms with Crippen LogP contribution in [0.3, 0.4) is 0 Å². The molecule has 0 aliphatic rings. The van der Waals surface area contributed by atoms with Gasteiger partial charge in [-0.15, -0.1) is 0 Å². The summed E-state index contributed by atoms with van der Waals surface area (Å²) in [4.78, 5) is 12.0. The summed E-state index contributed by atoms with van der Waals surface area (Å²) < 4.78 is 1.98. The largest absolute Gasteiger partial charge is 0.352 e. The van der Waals surface area contributed by atoms with E-state index in [1.165, 1.54) is 0 Å². The highest BCUT2D eigenvalue weighted by Crippen LogP contribution is 2.22. The molecule has 2 aromatic rings. The van der Waals surface area contributed by atoms with Crippen molar-refractivity contribution in [3.05, 3.63) is 42.1 Å². The van der Waals surface area contributed by atoms with Crippen LogP contribution < -0.4 is 5.32 Å². The number of carbonyl (C=O) groups excluding carboxylic acids is 1. The number of rotatable bonds is 4. The van der Waals surface area contributed by atoms with Crippen LogP contribution in [0.1, 0.15) is 29.3 Å². The summed E-state index contributed by atoms with van der Waals surface area (Å²) in [5.41, 5.74) is 2.84. The first kappa shape index (κ1) is 12.4. The Morgan fingerprint density at radius 3 is 2.94 bits per heavy atom. The van der Waals surface area contributed by atoms with Crippen LogP contribution in [0.4, 0.5) is 0 Å². The van der Waals surface area contributed by atoms with Gasteiger partial charge in [-0.3, -0.25) is 4.79 Å². The van der Waals surface area contributed by atoms with Crippen molar-refractivity contribution in [2.24, 2.45) is 7.05 Å². The molecular weight excluding hydrogens is 224 g/mol. The van der Waals surface area contributed by atoms with E-state index in [0.29, 0.717) is 6.54 Å². The topological polar surface area (TPSA) is 34.0 Å². The number of nitrogens with one attached hydrogen (secondary N) is 1. The maximum absolute atomic E-state index is 12.0. The molecule has 0 radical (unpaired) electrons. The van der Waals surface area contributed by atoms with Gasteiger partial charge in [0.2, 0.25) is 0 Å². The van der Waals surface area contributed by atoms with Crippen molar-refractivity contribution in [3.8, 4) is 0 Å². The van der Waals surface area contributed by atoms with Gasteiger partial charge in [0.15, 0.2) is 0 Å². The molecule has 0 aliphatic carbocycles. The van der Waals surface area contributed by atoms with Gasteiger partial charge in [0.05, 0.1) is 5.56 Å². The van der Waals surface area contributed by atoms with Crippen LogP contribution >= 0.6 is 0 Å². The molecule has 2 rings (SSSR count). The van der Waals surface area contributed by atoms with Gasteiger partial charge in [-0.1, -0.05) is 31.7 Å². The molecule has 1 heterocycles. The normalized spacial score (nSPS) is 10.6. The molecule has 0 fully saturated rings. The van der Waals surface area contributed by atoms with E-state index >= 15 is 0 Å². The van der Waals surface area contributed by atoms with Crippen molar-refractivity contribution in [1.82, 2.24) is 9.88 Å². The minimum absolute atomic E-state index is 0.00574. The Hall–Kier alpha value is -2.03. The number of nitrogens with zero attached hydrogens (tertiary/aromatic N) is 1. The molecule has 0 saturated heterocycles. The summed E-state index contributed by atoms with van der Waals surface area (Å²) in [6.45, 7) is 6.51. The molecule has 0 bridgehead atoms. The Morgan fingerprint density at radius 1 is 1.50 bits per heavy atom. The number of benzene rings is 1. The Bertz CT molecular complexity index is 596. The fourth-order valence-electron chi connectivity index (χ4n) is 2.04. The standard InChI is InChI=1S/C15H18N2O/c1-4-8-16-15(18)13-10-17(3)14-9-11(5-2)6-7-12(13)14/h5-7,9-10H,2,4,8H2,1,3H3,(H,16,18). The third-order valence-electron chi connectivity index (χ3n) is 3.03. The first-order chi connectivity index (χ1) is 8.67. The minimum Gasteiger partial charge on any atom is -0.352 e. The van der Waals surface area contributed by atoms with Crippen LogP contribution in [0, 0.1) is 0 Å². The van der Waals surface area contributed by atoms with Gasteiger partial charge in [-0.05, 0) is 18.1 Å². The predicted molar refractivity (Wildman–Crippen MR) is 75.6 cm³/mol. The maximum Gasteiger partial charge on any atom is 0.253 e. The van der Waals surface area contributed by atoms with Crippen LogP contribution in [-0.2, 0) is 7.05 Å². The minimum atomic E-state index is -0.00574. The summed E-state index contributed by atoms with van der Waals surface area (Å²) in [5.74, 6) is -0.00574. The SMILES string of the molecule is C=Cc1ccc2c(C(=O)NCCC)cn(C)c2c1. The number of fused-ring (bicyclic) bond motifs is 1. The van der Waals surface area contributed by atoms with Crippen LogP contribution in [0.2, 0.25) is 0 Å². The molecule has 18 heavy (non-hydrogen) atoms. The highest BCUT2D eigenvalue weighted by Gasteiger charge is 2.13. The second-order valence-electron chi connectivity index (χ2n) is 4.39. The van der Waals surface area contributed by atoms with Gasteiger partial charge >= 0.3 is 0 Å². The fourth-order valence-corrected chi connectivity index (χ4v) is 2.04. The summed E-state index contributed by atoms with van der Waals surface area (Å²) in [5, 5.41) is 3.89. The van der Waals surface area contributed by atoms with Crippen molar-refractivity contribution in [2.75, 3.05) is 6.54 Å². The molecule has 1 aromatic carbocycles. The van der Waals surface area contributed by atoms with Crippen molar-refractivity contribution in [3.63, 3.8) is 0 Å². The van der Waals surface area contributed by atoms with Gasteiger partial charge in [0, 0.05) is 30.7 Å². The molecule has 1 aromatic heterocycles. The van der Waals surface area contributed by atoms with Gasteiger partial charge < -0.3 is 9.88 Å². The van der Waals surface area contributed by atoms with E-state index in [1.54, 1.807) is 0 Å². The van der Waals surface area contributed by atoms with E-state index in [4.69, 9.17) is 0 Å². The first-order valence-corrected chi connectivity index (χ1v) is 6.17. The quantitative estimate of drug-likeness (QED) is 0.878. The third kappa shape index (κ3) is 2.16. The van der Waals surface area contributed by atoms with Gasteiger partial charge in [0.25, 0.3) is 5.91 Å². The monoisotopic (exact) mass is 242 g/mol. The van der Waals surface area contributed by atoms with Crippen LogP contribution in [0.15, 0.2) is 31.0 Å². The molecule has 0 saturated carbocycles. The van der Waals surface area contributed by atoms with Gasteiger partial charge in [0.1, 0.15) is 0 Å². The average molecular weight is 242 g/mol. The zero-order chi connectivity index (χ0) is 13.1. The average Bonchev–Trinajstić information content (AvgIpc) is 2.73. The van der Waals surface area contributed by atoms with Crippen LogP contribution in [0.25, 0.3) is 17.0 Å². The maximum atomic E-state index is 12.0. The molecule has 0 aliphatic heterocycles. The van der Waals surface area contributed by atoms with E-state index < -0.39 is 0 Å².